The number of anilines is 1. The normalized spacial score (nSPS) is 12.1. The van der Waals surface area contributed by atoms with Crippen LogP contribution in [0.4, 0.5) is 5.69 Å². The van der Waals surface area contributed by atoms with Crippen molar-refractivity contribution in [2.24, 2.45) is 4.40 Å². The lowest BCUT2D eigenvalue weighted by molar-refractivity contribution is 0.466. The van der Waals surface area contributed by atoms with Gasteiger partial charge in [0.25, 0.3) is 10.0 Å². The molecule has 0 saturated heterocycles. The quantitative estimate of drug-likeness (QED) is 0.218. The molecule has 0 atom stereocenters. The van der Waals surface area contributed by atoms with Gasteiger partial charge in [-0.1, -0.05) is 44.0 Å². The lowest BCUT2D eigenvalue weighted by Gasteiger charge is -2.20. The first kappa shape index (κ1) is 23.5. The van der Waals surface area contributed by atoms with Gasteiger partial charge in [0.1, 0.15) is 5.75 Å². The first-order valence-corrected chi connectivity index (χ1v) is 12.5. The third-order valence-corrected chi connectivity index (χ3v) is 7.62. The van der Waals surface area contributed by atoms with Crippen LogP contribution in [0.2, 0.25) is 0 Å². The van der Waals surface area contributed by atoms with Crippen LogP contribution in [-0.2, 0) is 10.0 Å². The molecule has 8 heteroatoms. The maximum absolute atomic E-state index is 13.1. The van der Waals surface area contributed by atoms with Crippen LogP contribution in [0.1, 0.15) is 27.8 Å². The fraction of sp³-hybridized carbons (Fsp3) is 0.174. The Morgan fingerprint density at radius 3 is 1.74 bits per heavy atom. The van der Waals surface area contributed by atoms with E-state index in [2.05, 4.69) is 41.6 Å². The summed E-state index contributed by atoms with van der Waals surface area (Å²) in [6.07, 6.45) is 0. The Labute approximate surface area is 199 Å². The zero-order chi connectivity index (χ0) is 22.9. The molecular formula is C23H22Br2N2O3S. The molecule has 0 heterocycles. The minimum atomic E-state index is -3.97. The summed E-state index contributed by atoms with van der Waals surface area (Å²) < 4.78 is 31.9. The van der Waals surface area contributed by atoms with E-state index in [1.807, 2.05) is 39.8 Å². The Bertz CT molecular complexity index is 1240. The van der Waals surface area contributed by atoms with Crippen molar-refractivity contribution in [1.29, 1.82) is 0 Å². The minimum Gasteiger partial charge on any atom is -0.507 e. The molecule has 0 aliphatic carbocycles. The number of rotatable bonds is 4. The zero-order valence-corrected chi connectivity index (χ0v) is 21.5. The van der Waals surface area contributed by atoms with Crippen LogP contribution < -0.4 is 5.32 Å². The van der Waals surface area contributed by atoms with E-state index in [9.17, 15) is 13.5 Å². The SMILES string of the molecule is Cc1c(C)c(N/C(=N/S(=O)(=O)c2ccc(Br)cc2)c2ccc(Br)cc2)c(C)c(C)c1O. The van der Waals surface area contributed by atoms with E-state index in [4.69, 9.17) is 0 Å². The molecule has 3 rings (SSSR count). The van der Waals surface area contributed by atoms with Crippen molar-refractivity contribution < 1.29 is 13.5 Å². The number of hydrogen-bond acceptors (Lipinski definition) is 3. The third-order valence-electron chi connectivity index (χ3n) is 5.27. The van der Waals surface area contributed by atoms with Crippen molar-refractivity contribution in [2.75, 3.05) is 5.32 Å². The van der Waals surface area contributed by atoms with Crippen LogP contribution in [0, 0.1) is 27.7 Å². The number of amidine groups is 1. The monoisotopic (exact) mass is 564 g/mol. The summed E-state index contributed by atoms with van der Waals surface area (Å²) >= 11 is 6.72. The third kappa shape index (κ3) is 5.02. The summed E-state index contributed by atoms with van der Waals surface area (Å²) in [5, 5.41) is 13.6. The topological polar surface area (TPSA) is 78.8 Å². The number of sulfonamides is 1. The van der Waals surface area contributed by atoms with E-state index in [0.717, 1.165) is 36.9 Å². The average Bonchev–Trinajstić information content (AvgIpc) is 2.74. The molecule has 0 fully saturated rings. The summed E-state index contributed by atoms with van der Waals surface area (Å²) in [4.78, 5) is 0.0959. The lowest BCUT2D eigenvalue weighted by Crippen LogP contribution is -2.18. The molecule has 31 heavy (non-hydrogen) atoms. The number of hydrogen-bond donors (Lipinski definition) is 2. The van der Waals surface area contributed by atoms with E-state index >= 15 is 0 Å². The molecule has 0 aliphatic heterocycles. The molecule has 0 unspecified atom stereocenters. The van der Waals surface area contributed by atoms with Gasteiger partial charge in [0.15, 0.2) is 5.84 Å². The molecule has 3 aromatic carbocycles. The molecule has 0 saturated carbocycles. The minimum absolute atomic E-state index is 0.0959. The second kappa shape index (κ2) is 9.14. The first-order valence-electron chi connectivity index (χ1n) is 9.44. The first-order chi connectivity index (χ1) is 14.5. The van der Waals surface area contributed by atoms with Crippen LogP contribution in [0.25, 0.3) is 0 Å². The van der Waals surface area contributed by atoms with Gasteiger partial charge >= 0.3 is 0 Å². The predicted molar refractivity (Wildman–Crippen MR) is 133 cm³/mol. The summed E-state index contributed by atoms with van der Waals surface area (Å²) in [6, 6.07) is 13.6. The lowest BCUT2D eigenvalue weighted by atomic mass is 9.97. The zero-order valence-electron chi connectivity index (χ0n) is 17.5. The Morgan fingerprint density at radius 1 is 0.806 bits per heavy atom. The van der Waals surface area contributed by atoms with Gasteiger partial charge in [-0.05, 0) is 86.3 Å². The molecule has 3 aromatic rings. The van der Waals surface area contributed by atoms with Crippen molar-refractivity contribution in [3.05, 3.63) is 85.3 Å². The summed E-state index contributed by atoms with van der Waals surface area (Å²) in [5.41, 5.74) is 4.46. The van der Waals surface area contributed by atoms with Crippen LogP contribution in [0.15, 0.2) is 66.8 Å². The van der Waals surface area contributed by atoms with Gasteiger partial charge in [-0.25, -0.2) is 0 Å². The molecule has 0 aromatic heterocycles. The maximum Gasteiger partial charge on any atom is 0.284 e. The fourth-order valence-electron chi connectivity index (χ4n) is 3.13. The molecule has 0 bridgehead atoms. The number of nitrogens with one attached hydrogen (secondary N) is 1. The number of nitrogens with zero attached hydrogens (tertiary/aromatic N) is 1. The van der Waals surface area contributed by atoms with E-state index in [1.165, 1.54) is 12.1 Å². The maximum atomic E-state index is 13.1. The van der Waals surface area contributed by atoms with Gasteiger partial charge < -0.3 is 10.4 Å². The van der Waals surface area contributed by atoms with E-state index in [1.54, 1.807) is 24.3 Å². The largest absolute Gasteiger partial charge is 0.507 e. The van der Waals surface area contributed by atoms with Gasteiger partial charge in [-0.3, -0.25) is 0 Å². The Kier molecular flexibility index (Phi) is 6.93. The van der Waals surface area contributed by atoms with Crippen molar-refractivity contribution in [1.82, 2.24) is 0 Å². The van der Waals surface area contributed by atoms with Crippen molar-refractivity contribution in [2.45, 2.75) is 32.6 Å². The second-order valence-electron chi connectivity index (χ2n) is 7.22. The summed E-state index contributed by atoms with van der Waals surface area (Å²) in [7, 11) is -3.97. The van der Waals surface area contributed by atoms with Gasteiger partial charge in [0, 0.05) is 20.2 Å². The van der Waals surface area contributed by atoms with E-state index < -0.39 is 10.0 Å². The van der Waals surface area contributed by atoms with E-state index in [0.29, 0.717) is 5.56 Å². The predicted octanol–water partition coefficient (Wildman–Crippen LogP) is 6.40. The molecule has 162 valence electrons. The van der Waals surface area contributed by atoms with Crippen LogP contribution in [0.3, 0.4) is 0 Å². The highest BCUT2D eigenvalue weighted by molar-refractivity contribution is 9.10. The van der Waals surface area contributed by atoms with Gasteiger partial charge in [-0.15, -0.1) is 4.40 Å². The molecule has 0 spiro atoms. The van der Waals surface area contributed by atoms with Gasteiger partial charge in [-0.2, -0.15) is 8.42 Å². The number of halogens is 2. The van der Waals surface area contributed by atoms with Crippen LogP contribution in [0.5, 0.6) is 5.75 Å². The van der Waals surface area contributed by atoms with Gasteiger partial charge in [0.05, 0.1) is 4.90 Å². The molecule has 5 nitrogen and oxygen atoms in total. The summed E-state index contributed by atoms with van der Waals surface area (Å²) in [5.74, 6) is 0.441. The second-order valence-corrected chi connectivity index (χ2v) is 10.7. The average molecular weight is 566 g/mol. The van der Waals surface area contributed by atoms with Crippen molar-refractivity contribution in [3.8, 4) is 5.75 Å². The molecule has 0 radical (unpaired) electrons. The number of aromatic hydroxyl groups is 1. The van der Waals surface area contributed by atoms with Gasteiger partial charge in [0.2, 0.25) is 0 Å². The molecule has 0 amide bonds. The van der Waals surface area contributed by atoms with Crippen molar-refractivity contribution >= 4 is 53.4 Å². The molecular weight excluding hydrogens is 544 g/mol. The highest BCUT2D eigenvalue weighted by Gasteiger charge is 2.19. The van der Waals surface area contributed by atoms with Crippen LogP contribution >= 0.6 is 31.9 Å². The number of phenols is 1. The number of benzene rings is 3. The van der Waals surface area contributed by atoms with Crippen molar-refractivity contribution in [3.63, 3.8) is 0 Å². The Hall–Kier alpha value is -2.16. The fourth-order valence-corrected chi connectivity index (χ4v) is 4.64. The Morgan fingerprint density at radius 2 is 1.26 bits per heavy atom. The highest BCUT2D eigenvalue weighted by atomic mass is 79.9. The van der Waals surface area contributed by atoms with E-state index in [-0.39, 0.29) is 16.5 Å². The molecule has 2 N–H and O–H groups in total. The van der Waals surface area contributed by atoms with Crippen LogP contribution in [-0.4, -0.2) is 19.4 Å². The highest BCUT2D eigenvalue weighted by Crippen LogP contribution is 2.35. The molecule has 0 aliphatic rings. The smallest absolute Gasteiger partial charge is 0.284 e. The number of phenolic OH excluding ortho intramolecular Hbond substituents is 1. The summed E-state index contributed by atoms with van der Waals surface area (Å²) in [6.45, 7) is 7.42. The Balaban J connectivity index is 2.18. The standard InChI is InChI=1S/C23H22Br2N2O3S/c1-13-15(3)22(28)16(4)14(2)21(13)26-23(17-5-7-18(24)8-6-17)27-31(29,30)20-11-9-19(25)10-12-20/h5-12,28H,1-4H3,(H,26,27).